The molecule has 0 aliphatic carbocycles. The maximum Gasteiger partial charge on any atom is 0.241 e. The summed E-state index contributed by atoms with van der Waals surface area (Å²) < 4.78 is 20.2. The third-order valence-corrected chi connectivity index (χ3v) is 16.3. The lowest BCUT2D eigenvalue weighted by atomic mass is 10.2. The Morgan fingerprint density at radius 2 is 1.23 bits per heavy atom. The van der Waals surface area contributed by atoms with E-state index in [1.54, 1.807) is 0 Å². The molecule has 0 aromatic heterocycles. The second kappa shape index (κ2) is 12.3. The van der Waals surface area contributed by atoms with Gasteiger partial charge in [0.1, 0.15) is 0 Å². The van der Waals surface area contributed by atoms with Crippen molar-refractivity contribution in [3.8, 4) is 11.5 Å². The minimum atomic E-state index is -2.44. The van der Waals surface area contributed by atoms with Crippen LogP contribution in [0.4, 0.5) is 0 Å². The van der Waals surface area contributed by atoms with E-state index in [4.69, 9.17) is 13.3 Å². The average molecular weight is 503 g/mol. The van der Waals surface area contributed by atoms with Crippen LogP contribution in [0, 0.1) is 11.5 Å². The first-order valence-corrected chi connectivity index (χ1v) is 24.1. The van der Waals surface area contributed by atoms with Gasteiger partial charge in [-0.1, -0.05) is 66.2 Å². The van der Waals surface area contributed by atoms with Crippen molar-refractivity contribution < 1.29 is 13.3 Å². The van der Waals surface area contributed by atoms with Gasteiger partial charge in [0.25, 0.3) is 0 Å². The minimum Gasteiger partial charge on any atom is -0.377 e. The van der Waals surface area contributed by atoms with Gasteiger partial charge in [0, 0.05) is 5.56 Å². The zero-order valence-corrected chi connectivity index (χ0v) is 26.0. The monoisotopic (exact) mass is 502 g/mol. The summed E-state index contributed by atoms with van der Waals surface area (Å²) in [5, 5.41) is 1.46. The van der Waals surface area contributed by atoms with Gasteiger partial charge in [-0.25, -0.2) is 0 Å². The third kappa shape index (κ3) is 8.11. The van der Waals surface area contributed by atoms with Crippen LogP contribution >= 0.6 is 0 Å². The van der Waals surface area contributed by atoms with Crippen LogP contribution in [0.3, 0.4) is 0 Å². The summed E-state index contributed by atoms with van der Waals surface area (Å²) in [6.45, 7) is 15.6. The molecule has 0 amide bonds. The first-order chi connectivity index (χ1) is 14.7. The molecule has 0 radical (unpaired) electrons. The van der Waals surface area contributed by atoms with Gasteiger partial charge < -0.3 is 13.3 Å². The fraction of sp³-hybridized carbons (Fsp3) is 0.391. The summed E-state index contributed by atoms with van der Waals surface area (Å²) in [4.78, 5) is 0. The van der Waals surface area contributed by atoms with E-state index in [0.29, 0.717) is 0 Å². The smallest absolute Gasteiger partial charge is 0.241 e. The van der Waals surface area contributed by atoms with Crippen LogP contribution in [0.1, 0.15) is 5.56 Å². The van der Waals surface area contributed by atoms with Gasteiger partial charge in [-0.3, -0.25) is 0 Å². The van der Waals surface area contributed by atoms with E-state index in [9.17, 15) is 0 Å². The van der Waals surface area contributed by atoms with Crippen LogP contribution in [0.2, 0.25) is 51.5 Å². The first kappa shape index (κ1) is 26.2. The molecular formula is C23H38O3Si5. The third-order valence-electron chi connectivity index (χ3n) is 4.86. The Hall–Kier alpha value is -1.04. The molecule has 1 atom stereocenters. The molecule has 0 N–H and O–H groups in total. The molecule has 0 saturated carbocycles. The van der Waals surface area contributed by atoms with Crippen LogP contribution in [0.15, 0.2) is 60.7 Å². The molecule has 1 unspecified atom stereocenters. The lowest BCUT2D eigenvalue weighted by molar-refractivity contribution is -0.201. The van der Waals surface area contributed by atoms with Crippen molar-refractivity contribution in [2.24, 2.45) is 0 Å². The highest BCUT2D eigenvalue weighted by atomic mass is 28.4. The minimum absolute atomic E-state index is 0.532. The molecule has 168 valence electrons. The Bertz CT molecular complexity index is 823. The van der Waals surface area contributed by atoms with Crippen molar-refractivity contribution in [2.75, 3.05) is 0 Å². The second-order valence-electron chi connectivity index (χ2n) is 8.99. The van der Waals surface area contributed by atoms with E-state index < -0.39 is 50.3 Å². The molecule has 2 aromatic rings. The highest BCUT2D eigenvalue weighted by Gasteiger charge is 2.54. The Morgan fingerprint density at radius 3 is 1.68 bits per heavy atom. The summed E-state index contributed by atoms with van der Waals surface area (Å²) in [6, 6.07) is 21.1. The predicted octanol–water partition coefficient (Wildman–Crippen LogP) is 3.30. The van der Waals surface area contributed by atoms with Gasteiger partial charge in [-0.05, 0) is 57.1 Å². The van der Waals surface area contributed by atoms with E-state index in [-0.39, 0.29) is 0 Å². The van der Waals surface area contributed by atoms with Crippen LogP contribution in [0.25, 0.3) is 0 Å². The van der Waals surface area contributed by atoms with Crippen molar-refractivity contribution in [1.29, 1.82) is 0 Å². The SMILES string of the molecule is C[SiH](C)OC(O[SiH](C)C)(O[SiH](C)C)[Si](C)(C#Cc1ccccc1)C[SiH2]c1ccccc1. The maximum absolute atomic E-state index is 6.75. The fourth-order valence-corrected chi connectivity index (χ4v) is 17.3. The van der Waals surface area contributed by atoms with Crippen molar-refractivity contribution in [3.63, 3.8) is 0 Å². The Balaban J connectivity index is 2.56. The molecule has 0 fully saturated rings. The summed E-state index contributed by atoms with van der Waals surface area (Å²) >= 11 is 0. The lowest BCUT2D eigenvalue weighted by Crippen LogP contribution is -2.66. The van der Waals surface area contributed by atoms with Gasteiger partial charge in [0.15, 0.2) is 27.1 Å². The largest absolute Gasteiger partial charge is 0.377 e. The van der Waals surface area contributed by atoms with Gasteiger partial charge in [-0.15, -0.1) is 5.54 Å². The molecule has 0 aliphatic rings. The quantitative estimate of drug-likeness (QED) is 0.283. The molecule has 2 rings (SSSR count). The lowest BCUT2D eigenvalue weighted by Gasteiger charge is -2.47. The molecular weight excluding hydrogens is 465 g/mol. The molecule has 0 spiro atoms. The molecule has 0 bridgehead atoms. The van der Waals surface area contributed by atoms with Crippen molar-refractivity contribution in [3.05, 3.63) is 66.2 Å². The molecule has 2 aromatic carbocycles. The number of hydrogen-bond donors (Lipinski definition) is 0. The van der Waals surface area contributed by atoms with E-state index in [1.165, 1.54) is 5.19 Å². The van der Waals surface area contributed by atoms with Gasteiger partial charge in [0.05, 0.1) is 9.52 Å². The second-order valence-corrected chi connectivity index (χ2v) is 22.8. The highest BCUT2D eigenvalue weighted by Crippen LogP contribution is 2.33. The number of hydrogen-bond acceptors (Lipinski definition) is 3. The molecule has 3 nitrogen and oxygen atoms in total. The van der Waals surface area contributed by atoms with Crippen LogP contribution in [-0.2, 0) is 13.3 Å². The Kier molecular flexibility index (Phi) is 10.4. The van der Waals surface area contributed by atoms with Crippen molar-refractivity contribution >= 4 is 49.9 Å². The molecule has 31 heavy (non-hydrogen) atoms. The first-order valence-electron chi connectivity index (χ1n) is 11.3. The van der Waals surface area contributed by atoms with E-state index >= 15 is 0 Å². The Labute approximate surface area is 197 Å². The van der Waals surface area contributed by atoms with Crippen molar-refractivity contribution in [2.45, 2.75) is 57.1 Å². The van der Waals surface area contributed by atoms with Crippen molar-refractivity contribution in [1.82, 2.24) is 0 Å². The fourth-order valence-electron chi connectivity index (χ4n) is 3.47. The molecule has 0 saturated heterocycles. The average Bonchev–Trinajstić information content (AvgIpc) is 2.70. The van der Waals surface area contributed by atoms with Crippen LogP contribution < -0.4 is 5.19 Å². The molecule has 0 heterocycles. The zero-order chi connectivity index (χ0) is 22.9. The van der Waals surface area contributed by atoms with E-state index in [1.807, 2.05) is 18.2 Å². The van der Waals surface area contributed by atoms with E-state index in [0.717, 1.165) is 11.2 Å². The summed E-state index contributed by atoms with van der Waals surface area (Å²) in [6.07, 6.45) is 0. The van der Waals surface area contributed by atoms with E-state index in [2.05, 4.69) is 99.8 Å². The highest BCUT2D eigenvalue weighted by molar-refractivity contribution is 6.95. The van der Waals surface area contributed by atoms with Gasteiger partial charge >= 0.3 is 0 Å². The number of rotatable bonds is 10. The zero-order valence-electron chi connectivity index (χ0n) is 20.1. The standard InChI is InChI=1S/C23H38O3Si5/c1-28(2)24-23(25-29(3)4,26-30(5)6)31(7,19-18-21-14-10-8-11-15-21)20-27-22-16-12-9-13-17-22/h8-17,28-30H,20,27H2,1-7H3. The Morgan fingerprint density at radius 1 is 0.774 bits per heavy atom. The van der Waals surface area contributed by atoms with Gasteiger partial charge in [-0.2, -0.15) is 0 Å². The molecule has 8 heteroatoms. The predicted molar refractivity (Wildman–Crippen MR) is 147 cm³/mol. The topological polar surface area (TPSA) is 27.7 Å². The van der Waals surface area contributed by atoms with Crippen LogP contribution in [0.5, 0.6) is 0 Å². The molecule has 0 aliphatic heterocycles. The van der Waals surface area contributed by atoms with Gasteiger partial charge in [0.2, 0.25) is 13.7 Å². The summed E-state index contributed by atoms with van der Waals surface area (Å²) in [5.41, 5.74) is 4.94. The maximum atomic E-state index is 6.75. The number of benzene rings is 2. The van der Waals surface area contributed by atoms with Crippen LogP contribution in [-0.4, -0.2) is 50.3 Å². The summed E-state index contributed by atoms with van der Waals surface area (Å²) in [7, 11) is -7.28. The summed E-state index contributed by atoms with van der Waals surface area (Å²) in [5.74, 6) is 3.49. The normalized spacial score (nSPS) is 14.3.